The first kappa shape index (κ1) is 50.0. The molecule has 0 radical (unpaired) electrons. The van der Waals surface area contributed by atoms with E-state index in [1.54, 1.807) is 12.3 Å². The Morgan fingerprint density at radius 1 is 0.941 bits per heavy atom. The number of hydrogen-bond acceptors (Lipinski definition) is 5. The normalized spacial score (nSPS) is 13.4. The first-order valence-electron chi connectivity index (χ1n) is 19.7. The van der Waals surface area contributed by atoms with Crippen molar-refractivity contribution in [3.63, 3.8) is 0 Å². The Morgan fingerprint density at radius 2 is 1.65 bits per heavy atom. The molecule has 4 N–H and O–H groups in total. The number of allylic oxidation sites excluding steroid dienone is 7. The number of benzene rings is 1. The summed E-state index contributed by atoms with van der Waals surface area (Å²) in [4.78, 5) is 4.57. The van der Waals surface area contributed by atoms with Crippen LogP contribution < -0.4 is 16.4 Å². The number of nitrogens with zero attached hydrogens (tertiary/aromatic N) is 2. The summed E-state index contributed by atoms with van der Waals surface area (Å²) < 4.78 is 15.2. The van der Waals surface area contributed by atoms with Crippen molar-refractivity contribution >= 4 is 5.69 Å². The summed E-state index contributed by atoms with van der Waals surface area (Å²) in [5.74, 6) is 1.27. The van der Waals surface area contributed by atoms with Gasteiger partial charge in [0.2, 0.25) is 0 Å². The summed E-state index contributed by atoms with van der Waals surface area (Å²) in [6.07, 6.45) is 23.5. The molecule has 0 heterocycles. The molecule has 0 amide bonds. The molecular formula is C45H80FN5. The number of rotatable bonds is 26. The van der Waals surface area contributed by atoms with E-state index in [4.69, 9.17) is 0 Å². The van der Waals surface area contributed by atoms with Gasteiger partial charge in [-0.3, -0.25) is 0 Å². The van der Waals surface area contributed by atoms with E-state index in [0.717, 1.165) is 88.3 Å². The summed E-state index contributed by atoms with van der Waals surface area (Å²) in [7, 11) is 5.75. The van der Waals surface area contributed by atoms with Crippen molar-refractivity contribution in [1.82, 2.24) is 15.1 Å². The highest BCUT2D eigenvalue weighted by atomic mass is 19.1. The summed E-state index contributed by atoms with van der Waals surface area (Å²) >= 11 is 0. The molecule has 0 bridgehead atoms. The van der Waals surface area contributed by atoms with Gasteiger partial charge in [-0.1, -0.05) is 104 Å². The fourth-order valence-electron chi connectivity index (χ4n) is 5.72. The Balaban J connectivity index is 0. The molecule has 0 fully saturated rings. The van der Waals surface area contributed by atoms with Gasteiger partial charge >= 0.3 is 0 Å². The topological polar surface area (TPSA) is 56.6 Å². The molecule has 1 rings (SSSR count). The molecule has 0 aromatic heterocycles. The zero-order valence-corrected chi connectivity index (χ0v) is 34.8. The van der Waals surface area contributed by atoms with Crippen LogP contribution in [0.2, 0.25) is 0 Å². The van der Waals surface area contributed by atoms with Crippen LogP contribution in [-0.2, 0) is 0 Å². The smallest absolute Gasteiger partial charge is 0.146 e. The quantitative estimate of drug-likeness (QED) is 0.0508. The lowest BCUT2D eigenvalue weighted by molar-refractivity contribution is 0.322. The lowest BCUT2D eigenvalue weighted by Gasteiger charge is -2.22. The van der Waals surface area contributed by atoms with Crippen LogP contribution in [0.15, 0.2) is 91.5 Å². The molecule has 0 aliphatic heterocycles. The van der Waals surface area contributed by atoms with Gasteiger partial charge in [-0.25, -0.2) is 4.39 Å². The van der Waals surface area contributed by atoms with Gasteiger partial charge in [0.05, 0.1) is 5.69 Å². The first-order chi connectivity index (χ1) is 24.5. The van der Waals surface area contributed by atoms with Gasteiger partial charge < -0.3 is 26.2 Å². The Bertz CT molecular complexity index is 1140. The molecule has 0 spiro atoms. The van der Waals surface area contributed by atoms with Crippen LogP contribution in [0.25, 0.3) is 0 Å². The van der Waals surface area contributed by atoms with Gasteiger partial charge in [0.25, 0.3) is 0 Å². The summed E-state index contributed by atoms with van der Waals surface area (Å²) in [6, 6.07) is 5.76. The molecule has 6 heteroatoms. The van der Waals surface area contributed by atoms with Gasteiger partial charge in [-0.2, -0.15) is 0 Å². The number of anilines is 1. The molecule has 5 nitrogen and oxygen atoms in total. The van der Waals surface area contributed by atoms with Crippen molar-refractivity contribution in [1.29, 1.82) is 0 Å². The van der Waals surface area contributed by atoms with Crippen LogP contribution in [0.1, 0.15) is 124 Å². The second kappa shape index (κ2) is 32.8. The van der Waals surface area contributed by atoms with Gasteiger partial charge in [0.1, 0.15) is 5.82 Å². The Morgan fingerprint density at radius 3 is 2.22 bits per heavy atom. The minimum absolute atomic E-state index is 0.179. The third kappa shape index (κ3) is 23.9. The highest BCUT2D eigenvalue weighted by molar-refractivity contribution is 5.51. The number of likely N-dealkylation sites (N-methyl/N-ethyl adjacent to an activating group) is 2. The highest BCUT2D eigenvalue weighted by Crippen LogP contribution is 2.31. The zero-order valence-electron chi connectivity index (χ0n) is 34.8. The molecular weight excluding hydrogens is 630 g/mol. The maximum atomic E-state index is 15.2. The zero-order chi connectivity index (χ0) is 39.0. The SMILES string of the molecule is C=C/C=C(/C(C)=C\CC)N(C)CC.C=CNCCN(C)CCCC(CC/C=C\CC)c1ccc(NC(=C)C(C)CCCC(C)CC)c(F)c1.CN. The minimum Gasteiger partial charge on any atom is -0.390 e. The Hall–Kier alpha value is -3.09. The average Bonchev–Trinajstić information content (AvgIpc) is 3.13. The standard InChI is InChI=1S/C32H54FN3.C12H21N.CH5N/c1-8-11-12-13-18-29(19-15-23-36(7)24-22-34-10-3)30-20-21-32(31(33)25-30)35-28(6)27(5)17-14-16-26(4)9-2;1-6-9-11(4)12(10-7-2)13(5)8-3;1-2/h10-12,20-21,25-27,29,34-35H,3,6,8-9,13-19,22-24H2,1-2,4-5,7H3;7,9-10H,2,6,8H2,1,3-5H3;2H2,1H3/b12-11-;11-9-,12-10-;. The first-order valence-corrected chi connectivity index (χ1v) is 19.7. The molecule has 0 saturated heterocycles. The summed E-state index contributed by atoms with van der Waals surface area (Å²) in [5, 5.41) is 6.42. The van der Waals surface area contributed by atoms with Crippen molar-refractivity contribution in [2.75, 3.05) is 52.6 Å². The summed E-state index contributed by atoms with van der Waals surface area (Å²) in [5.41, 5.74) is 9.63. The van der Waals surface area contributed by atoms with E-state index in [1.807, 2.05) is 12.1 Å². The van der Waals surface area contributed by atoms with Crippen molar-refractivity contribution < 1.29 is 4.39 Å². The predicted octanol–water partition coefficient (Wildman–Crippen LogP) is 11.8. The van der Waals surface area contributed by atoms with Crippen molar-refractivity contribution in [2.45, 2.75) is 119 Å². The molecule has 0 saturated carbocycles. The number of halogens is 1. The molecule has 3 atom stereocenters. The van der Waals surface area contributed by atoms with E-state index in [2.05, 4.69) is 139 Å². The van der Waals surface area contributed by atoms with Crippen molar-refractivity contribution in [3.8, 4) is 0 Å². The molecule has 1 aromatic rings. The Kier molecular flexibility index (Phi) is 32.2. The van der Waals surface area contributed by atoms with Crippen LogP contribution in [0.4, 0.5) is 10.1 Å². The van der Waals surface area contributed by atoms with Crippen molar-refractivity contribution in [2.24, 2.45) is 17.6 Å². The van der Waals surface area contributed by atoms with Crippen LogP contribution >= 0.6 is 0 Å². The van der Waals surface area contributed by atoms with E-state index in [9.17, 15) is 0 Å². The molecule has 51 heavy (non-hydrogen) atoms. The van der Waals surface area contributed by atoms with Gasteiger partial charge in [0.15, 0.2) is 0 Å². The maximum Gasteiger partial charge on any atom is 0.146 e. The number of nitrogens with one attached hydrogen (secondary N) is 2. The largest absolute Gasteiger partial charge is 0.390 e. The molecule has 1 aromatic carbocycles. The van der Waals surface area contributed by atoms with Crippen LogP contribution in [-0.4, -0.2) is 57.1 Å². The fourth-order valence-corrected chi connectivity index (χ4v) is 5.72. The van der Waals surface area contributed by atoms with E-state index in [-0.39, 0.29) is 5.82 Å². The lowest BCUT2D eigenvalue weighted by atomic mass is 9.89. The predicted molar refractivity (Wildman–Crippen MR) is 229 cm³/mol. The summed E-state index contributed by atoms with van der Waals surface area (Å²) in [6.45, 7) is 30.9. The van der Waals surface area contributed by atoms with Crippen LogP contribution in [0.3, 0.4) is 0 Å². The number of nitrogens with two attached hydrogens (primary N) is 1. The Labute approximate surface area is 316 Å². The molecule has 3 unspecified atom stereocenters. The number of hydrogen-bond donors (Lipinski definition) is 3. The molecule has 0 aliphatic carbocycles. The van der Waals surface area contributed by atoms with Gasteiger partial charge in [0, 0.05) is 38.1 Å². The van der Waals surface area contributed by atoms with E-state index in [1.165, 1.54) is 37.6 Å². The highest BCUT2D eigenvalue weighted by Gasteiger charge is 2.16. The van der Waals surface area contributed by atoms with Crippen LogP contribution in [0, 0.1) is 17.7 Å². The fraction of sp³-hybridized carbons (Fsp3) is 0.600. The molecule has 0 aliphatic rings. The third-order valence-corrected chi connectivity index (χ3v) is 9.42. The third-order valence-electron chi connectivity index (χ3n) is 9.42. The second-order valence-electron chi connectivity index (χ2n) is 13.6. The van der Waals surface area contributed by atoms with E-state index >= 15 is 4.39 Å². The van der Waals surface area contributed by atoms with E-state index in [0.29, 0.717) is 17.5 Å². The van der Waals surface area contributed by atoms with E-state index < -0.39 is 0 Å². The second-order valence-corrected chi connectivity index (χ2v) is 13.6. The lowest BCUT2D eigenvalue weighted by Crippen LogP contribution is -2.28. The van der Waals surface area contributed by atoms with Gasteiger partial charge in [-0.15, -0.1) is 0 Å². The average molecular weight is 710 g/mol. The molecule has 292 valence electrons. The van der Waals surface area contributed by atoms with Gasteiger partial charge in [-0.05, 0) is 133 Å². The van der Waals surface area contributed by atoms with Crippen LogP contribution in [0.5, 0.6) is 0 Å². The van der Waals surface area contributed by atoms with Crippen molar-refractivity contribution in [3.05, 3.63) is 103 Å². The monoisotopic (exact) mass is 710 g/mol. The maximum absolute atomic E-state index is 15.2. The minimum atomic E-state index is -0.179.